The quantitative estimate of drug-likeness (QED) is 0.349. The molecule has 0 aliphatic carbocycles. The molecule has 0 saturated carbocycles. The molecule has 178 valence electrons. The molecule has 0 unspecified atom stereocenters. The Hall–Kier alpha value is -2.24. The van der Waals surface area contributed by atoms with E-state index in [9.17, 15) is 0 Å². The minimum atomic E-state index is 0.753. The highest BCUT2D eigenvalue weighted by atomic mass is 16.5. The van der Waals surface area contributed by atoms with Crippen LogP contribution in [0.4, 0.5) is 0 Å². The Bertz CT molecular complexity index is 938. The minimum absolute atomic E-state index is 0.753. The van der Waals surface area contributed by atoms with Crippen molar-refractivity contribution in [2.75, 3.05) is 52.5 Å². The maximum Gasteiger partial charge on any atom is 0.135 e. The Labute approximate surface area is 197 Å². The molecule has 33 heavy (non-hydrogen) atoms. The van der Waals surface area contributed by atoms with Gasteiger partial charge in [0.1, 0.15) is 22.7 Å². The Morgan fingerprint density at radius 2 is 1.06 bits per heavy atom. The van der Waals surface area contributed by atoms with Crippen molar-refractivity contribution in [1.82, 2.24) is 9.80 Å². The first-order valence-corrected chi connectivity index (χ1v) is 13.0. The van der Waals surface area contributed by atoms with Gasteiger partial charge >= 0.3 is 0 Å². The molecule has 0 radical (unpaired) electrons. The van der Waals surface area contributed by atoms with Crippen LogP contribution in [-0.2, 0) is 0 Å². The van der Waals surface area contributed by atoms with Crippen molar-refractivity contribution in [3.63, 3.8) is 0 Å². The van der Waals surface area contributed by atoms with Crippen LogP contribution in [0.2, 0.25) is 0 Å². The van der Waals surface area contributed by atoms with Gasteiger partial charge in [0, 0.05) is 23.9 Å². The first kappa shape index (κ1) is 22.5. The number of furan rings is 1. The van der Waals surface area contributed by atoms with Crippen LogP contribution in [0.5, 0.6) is 11.5 Å². The van der Waals surface area contributed by atoms with Crippen LogP contribution in [0.3, 0.4) is 0 Å². The Morgan fingerprint density at radius 1 is 0.606 bits per heavy atom. The summed E-state index contributed by atoms with van der Waals surface area (Å²) in [6.45, 7) is 8.76. The fourth-order valence-electron chi connectivity index (χ4n) is 5.24. The van der Waals surface area contributed by atoms with Crippen LogP contribution in [0.15, 0.2) is 40.8 Å². The second kappa shape index (κ2) is 11.3. The lowest BCUT2D eigenvalue weighted by atomic mass is 10.1. The van der Waals surface area contributed by atoms with Crippen molar-refractivity contribution in [3.8, 4) is 11.5 Å². The summed E-state index contributed by atoms with van der Waals surface area (Å²) >= 11 is 0. The highest BCUT2D eigenvalue weighted by molar-refractivity contribution is 6.05. The molecular weight excluding hydrogens is 412 g/mol. The summed E-state index contributed by atoms with van der Waals surface area (Å²) in [4.78, 5) is 5.13. The largest absolute Gasteiger partial charge is 0.494 e. The average molecular weight is 451 g/mol. The molecule has 0 amide bonds. The first-order chi connectivity index (χ1) is 16.3. The van der Waals surface area contributed by atoms with Crippen molar-refractivity contribution >= 4 is 21.9 Å². The molecule has 3 aromatic rings. The summed E-state index contributed by atoms with van der Waals surface area (Å²) in [5.74, 6) is 1.83. The van der Waals surface area contributed by atoms with E-state index >= 15 is 0 Å². The van der Waals surface area contributed by atoms with E-state index in [1.54, 1.807) is 0 Å². The summed E-state index contributed by atoms with van der Waals surface area (Å²) in [5.41, 5.74) is 1.79. The van der Waals surface area contributed by atoms with Gasteiger partial charge in [-0.25, -0.2) is 0 Å². The van der Waals surface area contributed by atoms with Crippen molar-refractivity contribution in [1.29, 1.82) is 0 Å². The fraction of sp³-hybridized carbons (Fsp3) is 0.571. The van der Waals surface area contributed by atoms with Gasteiger partial charge in [0.15, 0.2) is 0 Å². The van der Waals surface area contributed by atoms with Gasteiger partial charge in [-0.3, -0.25) is 0 Å². The van der Waals surface area contributed by atoms with Gasteiger partial charge in [0.2, 0.25) is 0 Å². The molecule has 2 aliphatic rings. The number of hydrogen-bond donors (Lipinski definition) is 0. The normalized spacial score (nSPS) is 18.2. The van der Waals surface area contributed by atoms with Crippen LogP contribution in [0.1, 0.15) is 51.4 Å². The third-order valence-electron chi connectivity index (χ3n) is 7.08. The molecule has 2 saturated heterocycles. The fourth-order valence-corrected chi connectivity index (χ4v) is 5.24. The predicted octanol–water partition coefficient (Wildman–Crippen LogP) is 6.10. The maximum atomic E-state index is 6.09. The van der Waals surface area contributed by atoms with Gasteiger partial charge in [-0.2, -0.15) is 0 Å². The highest BCUT2D eigenvalue weighted by Crippen LogP contribution is 2.33. The van der Waals surface area contributed by atoms with E-state index in [0.29, 0.717) is 0 Å². The van der Waals surface area contributed by atoms with Crippen LogP contribution < -0.4 is 9.47 Å². The number of nitrogens with zero attached hydrogens (tertiary/aromatic N) is 2. The SMILES string of the molecule is c1cc2oc3ccc(OCCCN4CCCCC4)cc3c2cc1OCCCN1CCCCC1. The molecule has 0 spiro atoms. The van der Waals surface area contributed by atoms with Crippen molar-refractivity contribution in [2.24, 2.45) is 0 Å². The van der Waals surface area contributed by atoms with Crippen molar-refractivity contribution in [2.45, 2.75) is 51.4 Å². The number of fused-ring (bicyclic) bond motifs is 3. The number of ether oxygens (including phenoxy) is 2. The third-order valence-corrected chi connectivity index (χ3v) is 7.08. The standard InChI is InChI=1S/C28H38N2O3/c1-3-13-29(14-4-1)17-7-19-31-23-9-11-27-25(21-23)26-22-24(10-12-28(26)33-27)32-20-8-18-30-15-5-2-6-16-30/h9-12,21-22H,1-8,13-20H2. The smallest absolute Gasteiger partial charge is 0.135 e. The van der Waals surface area contributed by atoms with Gasteiger partial charge in [0.05, 0.1) is 13.2 Å². The number of benzene rings is 2. The molecule has 3 heterocycles. The van der Waals surface area contributed by atoms with Gasteiger partial charge in [-0.05, 0) is 101 Å². The van der Waals surface area contributed by atoms with E-state index in [1.165, 1.54) is 64.7 Å². The number of rotatable bonds is 10. The van der Waals surface area contributed by atoms with Gasteiger partial charge in [-0.15, -0.1) is 0 Å². The molecule has 2 fully saturated rings. The molecule has 1 aromatic heterocycles. The topological polar surface area (TPSA) is 38.1 Å². The molecule has 5 rings (SSSR count). The molecule has 5 heteroatoms. The molecule has 0 bridgehead atoms. The maximum absolute atomic E-state index is 6.09. The molecule has 0 atom stereocenters. The molecule has 2 aromatic carbocycles. The van der Waals surface area contributed by atoms with E-state index in [4.69, 9.17) is 13.9 Å². The first-order valence-electron chi connectivity index (χ1n) is 13.0. The second-order valence-electron chi connectivity index (χ2n) is 9.63. The van der Waals surface area contributed by atoms with Crippen LogP contribution in [0.25, 0.3) is 21.9 Å². The second-order valence-corrected chi connectivity index (χ2v) is 9.63. The van der Waals surface area contributed by atoms with E-state index in [2.05, 4.69) is 21.9 Å². The van der Waals surface area contributed by atoms with E-state index in [1.807, 2.05) is 24.3 Å². The zero-order valence-corrected chi connectivity index (χ0v) is 19.9. The predicted molar refractivity (Wildman–Crippen MR) is 135 cm³/mol. The summed E-state index contributed by atoms with van der Waals surface area (Å²) in [6, 6.07) is 12.3. The summed E-state index contributed by atoms with van der Waals surface area (Å²) in [7, 11) is 0. The lowest BCUT2D eigenvalue weighted by Gasteiger charge is -2.26. The Balaban J connectivity index is 1.16. The van der Waals surface area contributed by atoms with E-state index < -0.39 is 0 Å². The zero-order chi connectivity index (χ0) is 22.3. The number of likely N-dealkylation sites (tertiary alicyclic amines) is 2. The summed E-state index contributed by atoms with van der Waals surface area (Å²) in [5, 5.41) is 2.19. The zero-order valence-electron chi connectivity index (χ0n) is 19.9. The third kappa shape index (κ3) is 6.01. The van der Waals surface area contributed by atoms with E-state index in [0.717, 1.165) is 72.6 Å². The Morgan fingerprint density at radius 3 is 1.52 bits per heavy atom. The lowest BCUT2D eigenvalue weighted by molar-refractivity contribution is 0.205. The number of hydrogen-bond acceptors (Lipinski definition) is 5. The molecular formula is C28H38N2O3. The van der Waals surface area contributed by atoms with Crippen LogP contribution in [-0.4, -0.2) is 62.3 Å². The van der Waals surface area contributed by atoms with Gasteiger partial charge in [0.25, 0.3) is 0 Å². The minimum Gasteiger partial charge on any atom is -0.494 e. The average Bonchev–Trinajstić information content (AvgIpc) is 3.23. The molecule has 0 N–H and O–H groups in total. The summed E-state index contributed by atoms with van der Waals surface area (Å²) < 4.78 is 18.2. The lowest BCUT2D eigenvalue weighted by Crippen LogP contribution is -2.31. The Kier molecular flexibility index (Phi) is 7.69. The highest BCUT2D eigenvalue weighted by Gasteiger charge is 2.12. The van der Waals surface area contributed by atoms with Gasteiger partial charge in [-0.1, -0.05) is 12.8 Å². The van der Waals surface area contributed by atoms with Crippen molar-refractivity contribution in [3.05, 3.63) is 36.4 Å². The van der Waals surface area contributed by atoms with Gasteiger partial charge < -0.3 is 23.7 Å². The van der Waals surface area contributed by atoms with Crippen LogP contribution in [0, 0.1) is 0 Å². The number of piperidine rings is 2. The summed E-state index contributed by atoms with van der Waals surface area (Å²) in [6.07, 6.45) is 10.3. The monoisotopic (exact) mass is 450 g/mol. The molecule has 5 nitrogen and oxygen atoms in total. The van der Waals surface area contributed by atoms with E-state index in [-0.39, 0.29) is 0 Å². The van der Waals surface area contributed by atoms with Crippen molar-refractivity contribution < 1.29 is 13.9 Å². The molecule has 2 aliphatic heterocycles. The van der Waals surface area contributed by atoms with Crippen LogP contribution >= 0.6 is 0 Å².